The fourth-order valence-corrected chi connectivity index (χ4v) is 4.68. The number of aliphatic hydroxyl groups excluding tert-OH is 1. The first-order valence-electron chi connectivity index (χ1n) is 10.4. The van der Waals surface area contributed by atoms with Crippen LogP contribution in [0.5, 0.6) is 0 Å². The molecule has 10 heteroatoms. The Bertz CT molecular complexity index is 890. The third-order valence-corrected chi connectivity index (χ3v) is 6.24. The highest BCUT2D eigenvalue weighted by Crippen LogP contribution is 2.41. The molecule has 4 N–H and O–H groups in total. The largest absolute Gasteiger partial charge is 0.406 e. The zero-order valence-electron chi connectivity index (χ0n) is 16.9. The number of hydrogen-bond acceptors (Lipinski definition) is 5. The summed E-state index contributed by atoms with van der Waals surface area (Å²) in [5.41, 5.74) is 2.66. The van der Waals surface area contributed by atoms with E-state index in [1.165, 1.54) is 6.92 Å². The van der Waals surface area contributed by atoms with Gasteiger partial charge in [0.05, 0.1) is 18.1 Å². The van der Waals surface area contributed by atoms with Crippen LogP contribution < -0.4 is 16.1 Å². The maximum atomic E-state index is 13.8. The SMILES string of the molecule is CC1=C(C(=O)N[C@H]2CCCC[C@@H]2O)C(=O)N2NC(C(F)(F)F)C(c3ccccc3)C2N1. The summed E-state index contributed by atoms with van der Waals surface area (Å²) in [4.78, 5) is 25.9. The van der Waals surface area contributed by atoms with Crippen molar-refractivity contribution in [3.05, 3.63) is 47.2 Å². The first-order valence-corrected chi connectivity index (χ1v) is 10.4. The normalized spacial score (nSPS) is 31.3. The number of amides is 2. The second-order valence-electron chi connectivity index (χ2n) is 8.28. The second kappa shape index (κ2) is 8.16. The van der Waals surface area contributed by atoms with Crippen LogP contribution in [0.2, 0.25) is 0 Å². The Morgan fingerprint density at radius 1 is 1.19 bits per heavy atom. The van der Waals surface area contributed by atoms with Crippen LogP contribution in [-0.4, -0.2) is 52.5 Å². The molecule has 2 aliphatic heterocycles. The topological polar surface area (TPSA) is 93.7 Å². The Hall–Kier alpha value is -2.59. The van der Waals surface area contributed by atoms with E-state index in [9.17, 15) is 27.9 Å². The molecule has 5 atom stereocenters. The van der Waals surface area contributed by atoms with Gasteiger partial charge in [0, 0.05) is 5.70 Å². The molecule has 7 nitrogen and oxygen atoms in total. The van der Waals surface area contributed by atoms with Gasteiger partial charge in [0.2, 0.25) is 0 Å². The lowest BCUT2D eigenvalue weighted by atomic mass is 9.89. The van der Waals surface area contributed by atoms with E-state index >= 15 is 0 Å². The van der Waals surface area contributed by atoms with Crippen LogP contribution >= 0.6 is 0 Å². The quantitative estimate of drug-likeness (QED) is 0.539. The molecule has 2 fully saturated rings. The number of rotatable bonds is 3. The summed E-state index contributed by atoms with van der Waals surface area (Å²) in [7, 11) is 0. The number of carbonyl (C=O) groups excluding carboxylic acids is 2. The molecule has 0 radical (unpaired) electrons. The Balaban J connectivity index is 1.62. The number of halogens is 3. The van der Waals surface area contributed by atoms with Crippen LogP contribution in [0.3, 0.4) is 0 Å². The number of nitrogens with one attached hydrogen (secondary N) is 3. The van der Waals surface area contributed by atoms with E-state index in [4.69, 9.17) is 0 Å². The molecule has 0 spiro atoms. The van der Waals surface area contributed by atoms with Crippen molar-refractivity contribution in [3.8, 4) is 0 Å². The van der Waals surface area contributed by atoms with Crippen LogP contribution in [0.15, 0.2) is 41.6 Å². The lowest BCUT2D eigenvalue weighted by molar-refractivity contribution is -0.161. The smallest absolute Gasteiger partial charge is 0.391 e. The van der Waals surface area contributed by atoms with Gasteiger partial charge in [0.15, 0.2) is 0 Å². The average molecular weight is 438 g/mol. The monoisotopic (exact) mass is 438 g/mol. The standard InChI is InChI=1S/C21H25F3N4O3/c1-11-15(19(30)26-13-9-5-6-10-14(13)29)20(31)28-18(25-11)16(12-7-3-2-4-8-12)17(27-28)21(22,23)24/h2-4,7-8,13-14,16-18,25,27,29H,5-6,9-10H2,1H3,(H,26,30)/t13-,14-,16?,17?,18?/m0/s1. The van der Waals surface area contributed by atoms with Crippen LogP contribution in [0.25, 0.3) is 0 Å². The van der Waals surface area contributed by atoms with Gasteiger partial charge in [0.1, 0.15) is 17.8 Å². The van der Waals surface area contributed by atoms with E-state index in [2.05, 4.69) is 16.1 Å². The van der Waals surface area contributed by atoms with Crippen LogP contribution in [-0.2, 0) is 9.59 Å². The summed E-state index contributed by atoms with van der Waals surface area (Å²) in [5, 5.41) is 16.6. The number of aliphatic hydroxyl groups is 1. The number of nitrogens with zero attached hydrogens (tertiary/aromatic N) is 1. The molecule has 1 saturated heterocycles. The van der Waals surface area contributed by atoms with Crippen molar-refractivity contribution in [2.45, 2.75) is 69.1 Å². The fourth-order valence-electron chi connectivity index (χ4n) is 4.68. The maximum Gasteiger partial charge on any atom is 0.406 e. The van der Waals surface area contributed by atoms with Gasteiger partial charge in [-0.15, -0.1) is 0 Å². The molecule has 3 unspecified atom stereocenters. The molecule has 168 valence electrons. The number of allylic oxidation sites excluding steroid dienone is 1. The number of benzene rings is 1. The molecular weight excluding hydrogens is 413 g/mol. The predicted molar refractivity (Wildman–Crippen MR) is 105 cm³/mol. The van der Waals surface area contributed by atoms with E-state index in [0.29, 0.717) is 18.4 Å². The van der Waals surface area contributed by atoms with E-state index < -0.39 is 48.3 Å². The third-order valence-electron chi connectivity index (χ3n) is 6.24. The van der Waals surface area contributed by atoms with Gasteiger partial charge in [0.25, 0.3) is 11.8 Å². The number of hydrogen-bond donors (Lipinski definition) is 4. The predicted octanol–water partition coefficient (Wildman–Crippen LogP) is 1.67. The molecule has 31 heavy (non-hydrogen) atoms. The number of fused-ring (bicyclic) bond motifs is 1. The highest BCUT2D eigenvalue weighted by Gasteiger charge is 2.58. The number of carbonyl (C=O) groups is 2. The molecule has 1 saturated carbocycles. The van der Waals surface area contributed by atoms with Crippen LogP contribution in [0, 0.1) is 0 Å². The van der Waals surface area contributed by atoms with Gasteiger partial charge >= 0.3 is 6.18 Å². The zero-order valence-corrected chi connectivity index (χ0v) is 16.9. The van der Waals surface area contributed by atoms with Gasteiger partial charge in [-0.2, -0.15) is 13.2 Å². The second-order valence-corrected chi connectivity index (χ2v) is 8.28. The molecule has 0 aromatic heterocycles. The number of hydrazine groups is 1. The Morgan fingerprint density at radius 3 is 2.52 bits per heavy atom. The molecule has 1 aromatic carbocycles. The van der Waals surface area contributed by atoms with Crippen molar-refractivity contribution in [1.82, 2.24) is 21.1 Å². The van der Waals surface area contributed by atoms with Crippen molar-refractivity contribution in [2.24, 2.45) is 0 Å². The minimum absolute atomic E-state index is 0.208. The minimum atomic E-state index is -4.61. The summed E-state index contributed by atoms with van der Waals surface area (Å²) in [5.74, 6) is -2.62. The highest BCUT2D eigenvalue weighted by atomic mass is 19.4. The van der Waals surface area contributed by atoms with Crippen molar-refractivity contribution in [3.63, 3.8) is 0 Å². The highest BCUT2D eigenvalue weighted by molar-refractivity contribution is 6.19. The summed E-state index contributed by atoms with van der Waals surface area (Å²) < 4.78 is 41.5. The summed E-state index contributed by atoms with van der Waals surface area (Å²) in [6.45, 7) is 1.50. The van der Waals surface area contributed by atoms with Crippen molar-refractivity contribution < 1.29 is 27.9 Å². The molecule has 2 amide bonds. The lowest BCUT2D eigenvalue weighted by Gasteiger charge is -2.35. The van der Waals surface area contributed by atoms with Gasteiger partial charge in [-0.3, -0.25) is 9.59 Å². The van der Waals surface area contributed by atoms with Crippen molar-refractivity contribution in [1.29, 1.82) is 0 Å². The lowest BCUT2D eigenvalue weighted by Crippen LogP contribution is -2.57. The molecule has 4 rings (SSSR count). The summed E-state index contributed by atoms with van der Waals surface area (Å²) in [6.07, 6.45) is -3.49. The summed E-state index contributed by atoms with van der Waals surface area (Å²) >= 11 is 0. The zero-order chi connectivity index (χ0) is 22.3. The van der Waals surface area contributed by atoms with Crippen molar-refractivity contribution in [2.75, 3.05) is 0 Å². The van der Waals surface area contributed by atoms with Gasteiger partial charge in [-0.25, -0.2) is 10.4 Å². The average Bonchev–Trinajstić information content (AvgIpc) is 3.10. The fraction of sp³-hybridized carbons (Fsp3) is 0.524. The van der Waals surface area contributed by atoms with Crippen LogP contribution in [0.4, 0.5) is 13.2 Å². The molecular formula is C21H25F3N4O3. The maximum absolute atomic E-state index is 13.8. The van der Waals surface area contributed by atoms with E-state index in [0.717, 1.165) is 17.9 Å². The molecule has 1 aromatic rings. The Kier molecular flexibility index (Phi) is 5.69. The first kappa shape index (κ1) is 21.6. The third kappa shape index (κ3) is 4.01. The first-order chi connectivity index (χ1) is 14.7. The molecule has 3 aliphatic rings. The number of alkyl halides is 3. The van der Waals surface area contributed by atoms with E-state index in [1.54, 1.807) is 30.3 Å². The Morgan fingerprint density at radius 2 is 1.87 bits per heavy atom. The van der Waals surface area contributed by atoms with Gasteiger partial charge in [-0.1, -0.05) is 43.2 Å². The summed E-state index contributed by atoms with van der Waals surface area (Å²) in [6, 6.07) is 5.70. The van der Waals surface area contributed by atoms with Gasteiger partial charge < -0.3 is 15.7 Å². The van der Waals surface area contributed by atoms with Gasteiger partial charge in [-0.05, 0) is 25.3 Å². The van der Waals surface area contributed by atoms with Crippen LogP contribution in [0.1, 0.15) is 44.1 Å². The molecule has 2 heterocycles. The molecule has 1 aliphatic carbocycles. The van der Waals surface area contributed by atoms with E-state index in [1.807, 2.05) is 0 Å². The van der Waals surface area contributed by atoms with Crippen molar-refractivity contribution >= 4 is 11.8 Å². The molecule has 0 bridgehead atoms. The minimum Gasteiger partial charge on any atom is -0.391 e. The van der Waals surface area contributed by atoms with E-state index in [-0.39, 0.29) is 11.3 Å². The Labute approximate surface area is 177 Å².